The van der Waals surface area contributed by atoms with Crippen LogP contribution >= 0.6 is 11.3 Å². The van der Waals surface area contributed by atoms with Crippen LogP contribution in [0.15, 0.2) is 6.07 Å². The maximum atomic E-state index is 13.4. The summed E-state index contributed by atoms with van der Waals surface area (Å²) in [5, 5.41) is 0. The Bertz CT molecular complexity index is 774. The maximum Gasteiger partial charge on any atom is 0.264 e. The molecular weight excluding hydrogens is 382 g/mol. The van der Waals surface area contributed by atoms with Crippen molar-refractivity contribution in [3.63, 3.8) is 0 Å². The normalized spacial score (nSPS) is 25.9. The Morgan fingerprint density at radius 3 is 2.48 bits per heavy atom. The monoisotopic (exact) mass is 417 g/mol. The molecule has 2 saturated heterocycles. The molecule has 0 aromatic carbocycles. The molecular formula is C23H35N3O2S. The number of carbonyl (C=O) groups excluding carboxylic acids is 2. The van der Waals surface area contributed by atoms with Crippen molar-refractivity contribution < 1.29 is 9.59 Å². The first-order valence-corrected chi connectivity index (χ1v) is 12.0. The van der Waals surface area contributed by atoms with Gasteiger partial charge in [0.2, 0.25) is 5.91 Å². The number of hydrogen-bond donors (Lipinski definition) is 0. The molecule has 6 heteroatoms. The number of thiophene rings is 1. The molecule has 0 spiro atoms. The summed E-state index contributed by atoms with van der Waals surface area (Å²) in [7, 11) is 2.09. The van der Waals surface area contributed by atoms with E-state index in [2.05, 4.69) is 38.8 Å². The van der Waals surface area contributed by atoms with E-state index in [1.54, 1.807) is 11.3 Å². The van der Waals surface area contributed by atoms with Crippen molar-refractivity contribution in [3.8, 4) is 0 Å². The third-order valence-electron chi connectivity index (χ3n) is 7.13. The number of fused-ring (bicyclic) bond motifs is 1. The number of carbonyl (C=O) groups is 2. The first-order chi connectivity index (χ1) is 13.7. The number of nitrogens with zero attached hydrogens (tertiary/aromatic N) is 3. The Kier molecular flexibility index (Phi) is 5.77. The average molecular weight is 418 g/mol. The predicted octanol–water partition coefficient (Wildman–Crippen LogP) is 3.28. The molecule has 2 unspecified atom stereocenters. The van der Waals surface area contributed by atoms with Gasteiger partial charge in [-0.15, -0.1) is 11.3 Å². The Balaban J connectivity index is 1.47. The summed E-state index contributed by atoms with van der Waals surface area (Å²) in [6.45, 7) is 11.0. The predicted molar refractivity (Wildman–Crippen MR) is 117 cm³/mol. The first-order valence-electron chi connectivity index (χ1n) is 11.1. The van der Waals surface area contributed by atoms with Gasteiger partial charge in [0.05, 0.1) is 4.88 Å². The van der Waals surface area contributed by atoms with Crippen molar-refractivity contribution in [1.29, 1.82) is 0 Å². The standard InChI is InChI=1S/C23H35N3O2S/c1-23(2,3)17-7-8-19-16(14-17)15-20(29-19)22(28)26-9-5-6-18(26)21(27)25-12-10-24(4)11-13-25/h15,17-18H,5-14H2,1-4H3. The fourth-order valence-corrected chi connectivity index (χ4v) is 6.18. The number of likely N-dealkylation sites (tertiary alicyclic amines) is 1. The number of hydrogen-bond acceptors (Lipinski definition) is 4. The van der Waals surface area contributed by atoms with E-state index in [0.29, 0.717) is 17.9 Å². The van der Waals surface area contributed by atoms with Crippen LogP contribution in [0, 0.1) is 11.3 Å². The number of aryl methyl sites for hydroxylation is 1. The second-order valence-electron chi connectivity index (χ2n) is 10.1. The minimum absolute atomic E-state index is 0.0710. The molecule has 3 aliphatic rings. The molecule has 0 saturated carbocycles. The molecule has 1 aliphatic carbocycles. The Labute approximate surface area is 179 Å². The van der Waals surface area contributed by atoms with E-state index >= 15 is 0 Å². The number of likely N-dealkylation sites (N-methyl/N-ethyl adjacent to an activating group) is 1. The van der Waals surface area contributed by atoms with Gasteiger partial charge in [-0.1, -0.05) is 20.8 Å². The van der Waals surface area contributed by atoms with Gasteiger partial charge in [0, 0.05) is 37.6 Å². The van der Waals surface area contributed by atoms with E-state index in [0.717, 1.165) is 56.7 Å². The molecule has 0 radical (unpaired) electrons. The zero-order valence-electron chi connectivity index (χ0n) is 18.4. The van der Waals surface area contributed by atoms with Crippen molar-refractivity contribution in [2.45, 2.75) is 58.9 Å². The molecule has 0 bridgehead atoms. The summed E-state index contributed by atoms with van der Waals surface area (Å²) in [5.74, 6) is 0.894. The van der Waals surface area contributed by atoms with Crippen LogP contribution < -0.4 is 0 Å². The van der Waals surface area contributed by atoms with Crippen molar-refractivity contribution in [2.24, 2.45) is 11.3 Å². The van der Waals surface area contributed by atoms with Crippen LogP contribution in [0.5, 0.6) is 0 Å². The fourth-order valence-electron chi connectivity index (χ4n) is 5.01. The zero-order valence-corrected chi connectivity index (χ0v) is 19.2. The number of amides is 2. The van der Waals surface area contributed by atoms with Gasteiger partial charge in [0.1, 0.15) is 6.04 Å². The van der Waals surface area contributed by atoms with Crippen LogP contribution in [0.1, 0.15) is 60.1 Å². The highest BCUT2D eigenvalue weighted by Crippen LogP contribution is 2.40. The molecule has 2 aliphatic heterocycles. The van der Waals surface area contributed by atoms with Gasteiger partial charge in [0.25, 0.3) is 5.91 Å². The van der Waals surface area contributed by atoms with Gasteiger partial charge in [0.15, 0.2) is 0 Å². The summed E-state index contributed by atoms with van der Waals surface area (Å²) in [4.78, 5) is 34.8. The van der Waals surface area contributed by atoms with Gasteiger partial charge in [-0.2, -0.15) is 0 Å². The lowest BCUT2D eigenvalue weighted by Gasteiger charge is -2.35. The van der Waals surface area contributed by atoms with E-state index in [4.69, 9.17) is 0 Å². The lowest BCUT2D eigenvalue weighted by Crippen LogP contribution is -2.53. The molecule has 5 nitrogen and oxygen atoms in total. The maximum absolute atomic E-state index is 13.4. The smallest absolute Gasteiger partial charge is 0.264 e. The highest BCUT2D eigenvalue weighted by atomic mass is 32.1. The van der Waals surface area contributed by atoms with Crippen LogP contribution in [-0.2, 0) is 17.6 Å². The van der Waals surface area contributed by atoms with Crippen LogP contribution in [0.4, 0.5) is 0 Å². The summed E-state index contributed by atoms with van der Waals surface area (Å²) < 4.78 is 0. The molecule has 0 N–H and O–H groups in total. The molecule has 29 heavy (non-hydrogen) atoms. The van der Waals surface area contributed by atoms with Crippen LogP contribution in [0.25, 0.3) is 0 Å². The molecule has 2 atom stereocenters. The second-order valence-corrected chi connectivity index (χ2v) is 11.3. The van der Waals surface area contributed by atoms with Crippen molar-refractivity contribution >= 4 is 23.2 Å². The summed E-state index contributed by atoms with van der Waals surface area (Å²) in [5.41, 5.74) is 1.67. The second kappa shape index (κ2) is 8.03. The van der Waals surface area contributed by atoms with Crippen LogP contribution in [0.2, 0.25) is 0 Å². The molecule has 2 fully saturated rings. The van der Waals surface area contributed by atoms with E-state index in [9.17, 15) is 9.59 Å². The summed E-state index contributed by atoms with van der Waals surface area (Å²) >= 11 is 1.67. The van der Waals surface area contributed by atoms with Crippen LogP contribution in [0.3, 0.4) is 0 Å². The first kappa shape index (κ1) is 20.9. The van der Waals surface area contributed by atoms with Gasteiger partial charge in [-0.3, -0.25) is 9.59 Å². The summed E-state index contributed by atoms with van der Waals surface area (Å²) in [6.07, 6.45) is 5.09. The molecule has 4 rings (SSSR count). The molecule has 3 heterocycles. The average Bonchev–Trinajstić information content (AvgIpc) is 3.33. The third kappa shape index (κ3) is 4.24. The van der Waals surface area contributed by atoms with Crippen molar-refractivity contribution in [2.75, 3.05) is 39.8 Å². The summed E-state index contributed by atoms with van der Waals surface area (Å²) in [6, 6.07) is 1.86. The van der Waals surface area contributed by atoms with Crippen molar-refractivity contribution in [1.82, 2.24) is 14.7 Å². The van der Waals surface area contributed by atoms with Crippen molar-refractivity contribution in [3.05, 3.63) is 21.4 Å². The minimum Gasteiger partial charge on any atom is -0.338 e. The number of rotatable bonds is 2. The Morgan fingerprint density at radius 1 is 1.07 bits per heavy atom. The lowest BCUT2D eigenvalue weighted by molar-refractivity contribution is -0.136. The van der Waals surface area contributed by atoms with E-state index in [1.807, 2.05) is 9.80 Å². The van der Waals surface area contributed by atoms with Gasteiger partial charge in [-0.05, 0) is 62.1 Å². The zero-order chi connectivity index (χ0) is 20.8. The molecule has 160 valence electrons. The number of piperazine rings is 1. The van der Waals surface area contributed by atoms with Gasteiger partial charge >= 0.3 is 0 Å². The SMILES string of the molecule is CN1CCN(C(=O)C2CCCN2C(=O)c2cc3c(s2)CCC(C(C)(C)C)C3)CC1. The highest BCUT2D eigenvalue weighted by Gasteiger charge is 2.38. The highest BCUT2D eigenvalue weighted by molar-refractivity contribution is 7.14. The topological polar surface area (TPSA) is 43.9 Å². The fraction of sp³-hybridized carbons (Fsp3) is 0.739. The van der Waals surface area contributed by atoms with Gasteiger partial charge < -0.3 is 14.7 Å². The molecule has 1 aromatic heterocycles. The molecule has 2 amide bonds. The quantitative estimate of drug-likeness (QED) is 0.742. The van der Waals surface area contributed by atoms with E-state index in [-0.39, 0.29) is 17.9 Å². The van der Waals surface area contributed by atoms with E-state index in [1.165, 1.54) is 16.9 Å². The Morgan fingerprint density at radius 2 is 1.79 bits per heavy atom. The largest absolute Gasteiger partial charge is 0.338 e. The van der Waals surface area contributed by atoms with Gasteiger partial charge in [-0.25, -0.2) is 0 Å². The third-order valence-corrected chi connectivity index (χ3v) is 8.36. The molecule has 1 aromatic rings. The van der Waals surface area contributed by atoms with E-state index < -0.39 is 0 Å². The van der Waals surface area contributed by atoms with Crippen LogP contribution in [-0.4, -0.2) is 72.3 Å². The Hall–Kier alpha value is -1.40. The minimum atomic E-state index is -0.271. The lowest BCUT2D eigenvalue weighted by atomic mass is 9.72.